The molecule has 0 heterocycles. The number of para-hydroxylation sites is 1. The van der Waals surface area contributed by atoms with E-state index in [2.05, 4.69) is 0 Å². The summed E-state index contributed by atoms with van der Waals surface area (Å²) in [6.07, 6.45) is 3.74. The Hall–Kier alpha value is -3.04. The molecule has 0 aliphatic carbocycles. The maximum absolute atomic E-state index is 12.7. The van der Waals surface area contributed by atoms with Crippen LogP contribution >= 0.6 is 11.6 Å². The normalized spacial score (nSPS) is 12.1. The predicted molar refractivity (Wildman–Crippen MR) is 122 cm³/mol. The molecule has 0 fully saturated rings. The van der Waals surface area contributed by atoms with Gasteiger partial charge in [-0.3, -0.25) is 4.79 Å². The van der Waals surface area contributed by atoms with Gasteiger partial charge in [0, 0.05) is 5.02 Å². The van der Waals surface area contributed by atoms with Gasteiger partial charge < -0.3 is 9.47 Å². The molecule has 0 saturated heterocycles. The van der Waals surface area contributed by atoms with Gasteiger partial charge in [-0.15, -0.1) is 0 Å². The van der Waals surface area contributed by atoms with Crippen molar-refractivity contribution in [3.05, 3.63) is 101 Å². The van der Waals surface area contributed by atoms with Gasteiger partial charge in [0.05, 0.1) is 5.92 Å². The first-order chi connectivity index (χ1) is 14.5. The number of halogens is 1. The Morgan fingerprint density at radius 1 is 0.933 bits per heavy atom. The van der Waals surface area contributed by atoms with Gasteiger partial charge in [-0.2, -0.15) is 0 Å². The van der Waals surface area contributed by atoms with E-state index in [0.29, 0.717) is 10.8 Å². The highest BCUT2D eigenvalue weighted by Crippen LogP contribution is 2.24. The molecule has 0 saturated carbocycles. The molecule has 3 rings (SSSR count). The molecule has 1 atom stereocenters. The van der Waals surface area contributed by atoms with Crippen LogP contribution in [0.1, 0.15) is 25.0 Å². The number of carbonyl (C=O) groups excluding carboxylic acids is 1. The summed E-state index contributed by atoms with van der Waals surface area (Å²) in [4.78, 5) is 12.7. The van der Waals surface area contributed by atoms with Crippen LogP contribution in [0.25, 0.3) is 6.08 Å². The minimum absolute atomic E-state index is 0.101. The van der Waals surface area contributed by atoms with E-state index in [1.165, 1.54) is 0 Å². The topological polar surface area (TPSA) is 35.5 Å². The van der Waals surface area contributed by atoms with Crippen molar-refractivity contribution in [2.45, 2.75) is 20.5 Å². The number of benzene rings is 3. The van der Waals surface area contributed by atoms with E-state index in [1.54, 1.807) is 0 Å². The van der Waals surface area contributed by atoms with Gasteiger partial charge in [-0.25, -0.2) is 0 Å². The molecule has 0 radical (unpaired) electrons. The zero-order valence-electron chi connectivity index (χ0n) is 17.1. The van der Waals surface area contributed by atoms with Crippen LogP contribution in [0.3, 0.4) is 0 Å². The zero-order valence-corrected chi connectivity index (χ0v) is 17.9. The fraction of sp³-hybridized carbons (Fsp3) is 0.192. The molecule has 0 spiro atoms. The average Bonchev–Trinajstić information content (AvgIpc) is 2.74. The van der Waals surface area contributed by atoms with Gasteiger partial charge >= 0.3 is 5.97 Å². The first-order valence-corrected chi connectivity index (χ1v) is 10.3. The molecule has 0 aliphatic rings. The van der Waals surface area contributed by atoms with Crippen LogP contribution in [0.5, 0.6) is 11.5 Å². The van der Waals surface area contributed by atoms with Gasteiger partial charge in [0.2, 0.25) is 0 Å². The largest absolute Gasteiger partial charge is 0.460 e. The fourth-order valence-electron chi connectivity index (χ4n) is 2.96. The zero-order chi connectivity index (χ0) is 21.3. The van der Waals surface area contributed by atoms with E-state index in [4.69, 9.17) is 21.1 Å². The fourth-order valence-corrected chi connectivity index (χ4v) is 3.16. The lowest BCUT2D eigenvalue weighted by atomic mass is 9.95. The van der Waals surface area contributed by atoms with Crippen LogP contribution in [0.15, 0.2) is 84.9 Å². The number of hydrogen-bond donors (Lipinski definition) is 0. The summed E-state index contributed by atoms with van der Waals surface area (Å²) in [5, 5.41) is 0.653. The van der Waals surface area contributed by atoms with Crippen molar-refractivity contribution in [1.82, 2.24) is 0 Å². The van der Waals surface area contributed by atoms with Gasteiger partial charge in [0.1, 0.15) is 18.1 Å². The summed E-state index contributed by atoms with van der Waals surface area (Å²) < 4.78 is 11.4. The Bertz CT molecular complexity index is 996. The molecule has 0 N–H and O–H groups in total. The SMILES string of the molecule is CC(C)C(C=Cc1ccccc1Cl)C(=O)OCc1cccc(Oc2ccccc2)c1. The number of hydrogen-bond acceptors (Lipinski definition) is 3. The van der Waals surface area contributed by atoms with Gasteiger partial charge in [-0.05, 0) is 47.4 Å². The minimum atomic E-state index is -0.356. The molecule has 0 amide bonds. The molecule has 0 bridgehead atoms. The molecule has 3 nitrogen and oxygen atoms in total. The highest BCUT2D eigenvalue weighted by molar-refractivity contribution is 6.32. The third-order valence-electron chi connectivity index (χ3n) is 4.64. The lowest BCUT2D eigenvalue weighted by Crippen LogP contribution is -2.20. The molecule has 0 aliphatic heterocycles. The summed E-state index contributed by atoms with van der Waals surface area (Å²) in [7, 11) is 0. The molecule has 3 aromatic carbocycles. The quantitative estimate of drug-likeness (QED) is 0.362. The van der Waals surface area contributed by atoms with E-state index < -0.39 is 0 Å². The van der Waals surface area contributed by atoms with E-state index in [-0.39, 0.29) is 24.4 Å². The first kappa shape index (κ1) is 21.7. The maximum Gasteiger partial charge on any atom is 0.313 e. The van der Waals surface area contributed by atoms with E-state index >= 15 is 0 Å². The second-order valence-electron chi connectivity index (χ2n) is 7.32. The van der Waals surface area contributed by atoms with Crippen LogP contribution in [0.2, 0.25) is 5.02 Å². The second kappa shape index (κ2) is 10.7. The molecule has 30 heavy (non-hydrogen) atoms. The molecular weight excluding hydrogens is 396 g/mol. The smallest absolute Gasteiger partial charge is 0.313 e. The Morgan fingerprint density at radius 2 is 1.63 bits per heavy atom. The van der Waals surface area contributed by atoms with Crippen LogP contribution in [-0.4, -0.2) is 5.97 Å². The summed E-state index contributed by atoms with van der Waals surface area (Å²) in [6, 6.07) is 24.7. The van der Waals surface area contributed by atoms with Crippen LogP contribution < -0.4 is 4.74 Å². The third-order valence-corrected chi connectivity index (χ3v) is 4.98. The lowest BCUT2D eigenvalue weighted by molar-refractivity contribution is -0.149. The monoisotopic (exact) mass is 420 g/mol. The van der Waals surface area contributed by atoms with Gasteiger partial charge in [-0.1, -0.05) is 86.1 Å². The Balaban J connectivity index is 1.63. The number of esters is 1. The van der Waals surface area contributed by atoms with Crippen molar-refractivity contribution >= 4 is 23.6 Å². The van der Waals surface area contributed by atoms with Crippen molar-refractivity contribution < 1.29 is 14.3 Å². The van der Waals surface area contributed by atoms with Crippen molar-refractivity contribution in [1.29, 1.82) is 0 Å². The Morgan fingerprint density at radius 3 is 2.37 bits per heavy atom. The Kier molecular flexibility index (Phi) is 7.69. The average molecular weight is 421 g/mol. The molecular formula is C26H25ClO3. The van der Waals surface area contributed by atoms with Crippen LogP contribution in [-0.2, 0) is 16.1 Å². The lowest BCUT2D eigenvalue weighted by Gasteiger charge is -2.16. The van der Waals surface area contributed by atoms with E-state index in [9.17, 15) is 4.79 Å². The standard InChI is InChI=1S/C26H25ClO3/c1-19(2)24(16-15-21-10-6-7-14-25(21)27)26(28)29-18-20-9-8-13-23(17-20)30-22-11-4-3-5-12-22/h3-17,19,24H,18H2,1-2H3. The van der Waals surface area contributed by atoms with Crippen molar-refractivity contribution in [2.75, 3.05) is 0 Å². The minimum Gasteiger partial charge on any atom is -0.460 e. The summed E-state index contributed by atoms with van der Waals surface area (Å²) in [5.74, 6) is 0.946. The highest BCUT2D eigenvalue weighted by atomic mass is 35.5. The van der Waals surface area contributed by atoms with E-state index in [0.717, 1.165) is 16.9 Å². The Labute approximate surface area is 182 Å². The van der Waals surface area contributed by atoms with E-state index in [1.807, 2.05) is 105 Å². The van der Waals surface area contributed by atoms with Gasteiger partial charge in [0.25, 0.3) is 0 Å². The van der Waals surface area contributed by atoms with Crippen LogP contribution in [0, 0.1) is 11.8 Å². The highest BCUT2D eigenvalue weighted by Gasteiger charge is 2.21. The molecule has 0 aromatic heterocycles. The second-order valence-corrected chi connectivity index (χ2v) is 7.73. The summed E-state index contributed by atoms with van der Waals surface area (Å²) in [6.45, 7) is 4.18. The molecule has 1 unspecified atom stereocenters. The molecule has 4 heteroatoms. The summed E-state index contributed by atoms with van der Waals surface area (Å²) in [5.41, 5.74) is 1.75. The summed E-state index contributed by atoms with van der Waals surface area (Å²) >= 11 is 6.20. The number of ether oxygens (including phenoxy) is 2. The number of rotatable bonds is 8. The van der Waals surface area contributed by atoms with Gasteiger partial charge in [0.15, 0.2) is 0 Å². The predicted octanol–water partition coefficient (Wildman–Crippen LogP) is 7.16. The van der Waals surface area contributed by atoms with Crippen molar-refractivity contribution in [2.24, 2.45) is 11.8 Å². The molecule has 3 aromatic rings. The van der Waals surface area contributed by atoms with Crippen LogP contribution in [0.4, 0.5) is 0 Å². The molecule has 154 valence electrons. The maximum atomic E-state index is 12.7. The third kappa shape index (κ3) is 6.23. The first-order valence-electron chi connectivity index (χ1n) is 9.94. The van der Waals surface area contributed by atoms with Crippen molar-refractivity contribution in [3.63, 3.8) is 0 Å². The number of carbonyl (C=O) groups is 1. The van der Waals surface area contributed by atoms with Crippen molar-refractivity contribution in [3.8, 4) is 11.5 Å².